The zero-order valence-electron chi connectivity index (χ0n) is 14.7. The molecule has 0 spiro atoms. The molecule has 136 valence electrons. The fourth-order valence-corrected chi connectivity index (χ4v) is 4.97. The van der Waals surface area contributed by atoms with Gasteiger partial charge in [-0.3, -0.25) is 4.79 Å². The van der Waals surface area contributed by atoms with Crippen molar-refractivity contribution in [2.24, 2.45) is 0 Å². The van der Waals surface area contributed by atoms with Gasteiger partial charge in [-0.25, -0.2) is 4.98 Å². The minimum Gasteiger partial charge on any atom is -0.451 e. The number of morpholine rings is 1. The number of benzene rings is 1. The van der Waals surface area contributed by atoms with Crippen molar-refractivity contribution in [1.82, 2.24) is 9.88 Å². The highest BCUT2D eigenvalue weighted by atomic mass is 32.2. The van der Waals surface area contributed by atoms with Crippen LogP contribution in [-0.4, -0.2) is 41.6 Å². The highest BCUT2D eigenvalue weighted by Gasteiger charge is 2.28. The molecule has 1 aliphatic rings. The van der Waals surface area contributed by atoms with E-state index in [1.54, 1.807) is 23.1 Å². The lowest BCUT2D eigenvalue weighted by molar-refractivity contribution is -0.0134. The molecule has 7 heteroatoms. The summed E-state index contributed by atoms with van der Waals surface area (Å²) >= 11 is 3.27. The maximum absolute atomic E-state index is 13.1. The quantitative estimate of drug-likeness (QED) is 0.622. The number of furan rings is 1. The molecule has 1 amide bonds. The van der Waals surface area contributed by atoms with E-state index < -0.39 is 0 Å². The predicted molar refractivity (Wildman–Crippen MR) is 104 cm³/mol. The van der Waals surface area contributed by atoms with Crippen LogP contribution >= 0.6 is 23.1 Å². The Labute approximate surface area is 160 Å². The summed E-state index contributed by atoms with van der Waals surface area (Å²) in [6, 6.07) is 7.83. The number of fused-ring (bicyclic) bond motifs is 1. The van der Waals surface area contributed by atoms with Crippen LogP contribution in [-0.2, 0) is 10.5 Å². The fraction of sp³-hybridized carbons (Fsp3) is 0.368. The molecule has 0 unspecified atom stereocenters. The molecule has 1 atom stereocenters. The van der Waals surface area contributed by atoms with Crippen molar-refractivity contribution in [3.8, 4) is 0 Å². The zero-order chi connectivity index (χ0) is 18.1. The van der Waals surface area contributed by atoms with Crippen LogP contribution in [0.1, 0.15) is 28.7 Å². The molecule has 1 aromatic carbocycles. The van der Waals surface area contributed by atoms with E-state index in [9.17, 15) is 4.79 Å². The van der Waals surface area contributed by atoms with Gasteiger partial charge in [-0.2, -0.15) is 0 Å². The van der Waals surface area contributed by atoms with E-state index in [2.05, 4.69) is 4.98 Å². The van der Waals surface area contributed by atoms with Crippen molar-refractivity contribution in [2.45, 2.75) is 30.0 Å². The number of hydrogen-bond donors (Lipinski definition) is 0. The number of amides is 1. The third kappa shape index (κ3) is 3.51. The fourth-order valence-electron chi connectivity index (χ4n) is 3.09. The lowest BCUT2D eigenvalue weighted by atomic mass is 10.1. The second kappa shape index (κ2) is 7.42. The molecule has 5 nitrogen and oxygen atoms in total. The van der Waals surface area contributed by atoms with Crippen LogP contribution in [0.5, 0.6) is 0 Å². The van der Waals surface area contributed by atoms with E-state index in [1.165, 1.54) is 0 Å². The number of rotatable bonds is 4. The molecule has 3 aromatic rings. The smallest absolute Gasteiger partial charge is 0.290 e. The Morgan fingerprint density at radius 3 is 3.04 bits per heavy atom. The van der Waals surface area contributed by atoms with Gasteiger partial charge in [-0.05, 0) is 19.9 Å². The first-order valence-electron chi connectivity index (χ1n) is 8.58. The Kier molecular flexibility index (Phi) is 5.02. The molecule has 0 aliphatic carbocycles. The van der Waals surface area contributed by atoms with E-state index in [1.807, 2.05) is 48.4 Å². The van der Waals surface area contributed by atoms with Gasteiger partial charge in [0.25, 0.3) is 5.91 Å². The highest BCUT2D eigenvalue weighted by molar-refractivity contribution is 8.00. The summed E-state index contributed by atoms with van der Waals surface area (Å²) in [5, 5.41) is 3.04. The van der Waals surface area contributed by atoms with Gasteiger partial charge >= 0.3 is 0 Å². The monoisotopic (exact) mass is 388 g/mol. The Morgan fingerprint density at radius 1 is 1.42 bits per heavy atom. The van der Waals surface area contributed by atoms with Gasteiger partial charge in [0, 0.05) is 40.9 Å². The number of carbonyl (C=O) groups is 1. The third-order valence-corrected chi connectivity index (χ3v) is 6.52. The number of carbonyl (C=O) groups excluding carboxylic acids is 1. The second-order valence-corrected chi connectivity index (χ2v) is 8.46. The summed E-state index contributed by atoms with van der Waals surface area (Å²) in [4.78, 5) is 19.4. The molecule has 0 bridgehead atoms. The molecule has 0 saturated carbocycles. The number of thioether (sulfide) groups is 1. The van der Waals surface area contributed by atoms with Crippen molar-refractivity contribution in [1.29, 1.82) is 0 Å². The normalized spacial score (nSPS) is 17.8. The highest BCUT2D eigenvalue weighted by Crippen LogP contribution is 2.34. The summed E-state index contributed by atoms with van der Waals surface area (Å²) < 4.78 is 12.5. The lowest BCUT2D eigenvalue weighted by Gasteiger charge is -2.30. The zero-order valence-corrected chi connectivity index (χ0v) is 16.4. The van der Waals surface area contributed by atoms with Gasteiger partial charge in [0.1, 0.15) is 9.92 Å². The Morgan fingerprint density at radius 2 is 2.27 bits per heavy atom. The first kappa shape index (κ1) is 17.6. The SMILES string of the molecule is Cc1csc(SCc2c(C(=O)N3CCO[C@@H](C)C3)oc3ccccc23)n1. The molecular weight excluding hydrogens is 368 g/mol. The molecule has 1 saturated heterocycles. The van der Waals surface area contributed by atoms with Gasteiger partial charge in [0.2, 0.25) is 0 Å². The van der Waals surface area contributed by atoms with E-state index in [0.29, 0.717) is 31.2 Å². The average molecular weight is 389 g/mol. The van der Waals surface area contributed by atoms with Crippen molar-refractivity contribution in [3.63, 3.8) is 0 Å². The minimum absolute atomic E-state index is 0.0493. The first-order valence-corrected chi connectivity index (χ1v) is 10.4. The number of aromatic nitrogens is 1. The Hall–Kier alpha value is -1.83. The van der Waals surface area contributed by atoms with Crippen LogP contribution in [0, 0.1) is 6.92 Å². The minimum atomic E-state index is -0.0535. The largest absolute Gasteiger partial charge is 0.451 e. The van der Waals surface area contributed by atoms with E-state index >= 15 is 0 Å². The van der Waals surface area contributed by atoms with Gasteiger partial charge in [-0.15, -0.1) is 11.3 Å². The molecule has 1 aliphatic heterocycles. The molecular formula is C19H20N2O3S2. The summed E-state index contributed by atoms with van der Waals surface area (Å²) in [5.74, 6) is 1.05. The predicted octanol–water partition coefficient (Wildman–Crippen LogP) is 4.35. The molecule has 4 rings (SSSR count). The maximum Gasteiger partial charge on any atom is 0.290 e. The molecule has 1 fully saturated rings. The number of thiazole rings is 1. The van der Waals surface area contributed by atoms with Gasteiger partial charge in [0.05, 0.1) is 12.7 Å². The van der Waals surface area contributed by atoms with Gasteiger partial charge < -0.3 is 14.1 Å². The van der Waals surface area contributed by atoms with Gasteiger partial charge in [-0.1, -0.05) is 30.0 Å². The number of para-hydroxylation sites is 1. The summed E-state index contributed by atoms with van der Waals surface area (Å²) in [5.41, 5.74) is 2.72. The standard InChI is InChI=1S/C19H20N2O3S2/c1-12-10-25-19(20-12)26-11-15-14-5-3-4-6-16(14)24-17(15)18(22)21-7-8-23-13(2)9-21/h3-6,10,13H,7-9,11H2,1-2H3/t13-/m0/s1. The summed E-state index contributed by atoms with van der Waals surface area (Å²) in [6.07, 6.45) is 0.0493. The molecule has 0 radical (unpaired) electrons. The van der Waals surface area contributed by atoms with Crippen molar-refractivity contribution in [3.05, 3.63) is 46.7 Å². The van der Waals surface area contributed by atoms with Gasteiger partial charge in [0.15, 0.2) is 5.76 Å². The van der Waals surface area contributed by atoms with Crippen LogP contribution in [0.25, 0.3) is 11.0 Å². The van der Waals surface area contributed by atoms with Crippen molar-refractivity contribution in [2.75, 3.05) is 19.7 Å². The Bertz CT molecular complexity index is 934. The number of nitrogens with zero attached hydrogens (tertiary/aromatic N) is 2. The van der Waals surface area contributed by atoms with Crippen LogP contribution in [0.2, 0.25) is 0 Å². The second-order valence-electron chi connectivity index (χ2n) is 6.38. The number of ether oxygens (including phenoxy) is 1. The van der Waals surface area contributed by atoms with Crippen molar-refractivity contribution >= 4 is 40.0 Å². The van der Waals surface area contributed by atoms with Crippen molar-refractivity contribution < 1.29 is 13.9 Å². The third-order valence-electron chi connectivity index (χ3n) is 4.36. The lowest BCUT2D eigenvalue weighted by Crippen LogP contribution is -2.44. The van der Waals surface area contributed by atoms with Crippen LogP contribution < -0.4 is 0 Å². The number of aryl methyl sites for hydroxylation is 1. The molecule has 0 N–H and O–H groups in total. The topological polar surface area (TPSA) is 55.6 Å². The van der Waals surface area contributed by atoms with E-state index in [0.717, 1.165) is 26.6 Å². The van der Waals surface area contributed by atoms with Crippen LogP contribution in [0.4, 0.5) is 0 Å². The van der Waals surface area contributed by atoms with E-state index in [4.69, 9.17) is 9.15 Å². The molecule has 26 heavy (non-hydrogen) atoms. The molecule has 3 heterocycles. The first-order chi connectivity index (χ1) is 12.6. The summed E-state index contributed by atoms with van der Waals surface area (Å²) in [6.45, 7) is 5.73. The average Bonchev–Trinajstić information content (AvgIpc) is 3.22. The Balaban J connectivity index is 1.65. The van der Waals surface area contributed by atoms with E-state index in [-0.39, 0.29) is 12.0 Å². The maximum atomic E-state index is 13.1. The number of hydrogen-bond acceptors (Lipinski definition) is 6. The molecule has 2 aromatic heterocycles. The van der Waals surface area contributed by atoms with Crippen LogP contribution in [0.3, 0.4) is 0 Å². The van der Waals surface area contributed by atoms with Crippen LogP contribution in [0.15, 0.2) is 38.4 Å². The summed E-state index contributed by atoms with van der Waals surface area (Å²) in [7, 11) is 0.